The van der Waals surface area contributed by atoms with E-state index in [1.54, 1.807) is 0 Å². The van der Waals surface area contributed by atoms with Crippen molar-refractivity contribution in [3.63, 3.8) is 0 Å². The quantitative estimate of drug-likeness (QED) is 0.0153. The third kappa shape index (κ3) is 20.4. The van der Waals surface area contributed by atoms with Crippen LogP contribution in [-0.4, -0.2) is 107 Å². The lowest BCUT2D eigenvalue weighted by Crippen LogP contribution is -2.48. The number of amides is 5. The predicted octanol–water partition coefficient (Wildman–Crippen LogP) is -4.03. The number of nitrogens with zero attached hydrogens (tertiary/aromatic N) is 1. The topological polar surface area (TPSA) is 373 Å². The number of aldehydes is 1. The lowest BCUT2D eigenvalue weighted by Gasteiger charge is -2.24. The number of carboxylic acid groups (broad SMARTS) is 1. The number of aliphatic carboxylic acids is 1. The molecule has 282 valence electrons. The van der Waals surface area contributed by atoms with Crippen LogP contribution in [0.15, 0.2) is 4.99 Å². The first-order chi connectivity index (χ1) is 23.9. The maximum absolute atomic E-state index is 13.6. The van der Waals surface area contributed by atoms with Gasteiger partial charge in [-0.25, -0.2) is 0 Å². The minimum Gasteiger partial charge on any atom is -0.481 e. The molecule has 0 aliphatic carbocycles. The summed E-state index contributed by atoms with van der Waals surface area (Å²) in [6.07, 6.45) is -4.43. The van der Waals surface area contributed by atoms with Gasteiger partial charge in [0.1, 0.15) is 19.5 Å². The number of hydrogen-bond acceptors (Lipinski definition) is 12. The Morgan fingerprint density at radius 1 is 0.760 bits per heavy atom. The normalized spacial score (nSPS) is 14.0. The molecule has 0 bridgehead atoms. The van der Waals surface area contributed by atoms with E-state index >= 15 is 0 Å². The molecule has 20 heteroatoms. The molecular formula is C30H51N9O11. The van der Waals surface area contributed by atoms with Gasteiger partial charge in [-0.05, 0) is 38.5 Å². The zero-order chi connectivity index (χ0) is 39.1. The molecule has 0 radical (unpaired) electrons. The molecule has 50 heavy (non-hydrogen) atoms. The Labute approximate surface area is 290 Å². The fourth-order valence-corrected chi connectivity index (χ4v) is 4.65. The minimum atomic E-state index is -1.48. The van der Waals surface area contributed by atoms with Crippen LogP contribution in [-0.2, 0) is 43.2 Å². The highest BCUT2D eigenvalue weighted by Crippen LogP contribution is 2.18. The molecule has 20 nitrogen and oxygen atoms in total. The lowest BCUT2D eigenvalue weighted by molar-refractivity contribution is -0.137. The number of nitrogens with one attached hydrogen (secondary N) is 3. The number of carbonyl (C=O) groups is 9. The first-order valence-electron chi connectivity index (χ1n) is 16.5. The molecule has 0 aromatic rings. The van der Waals surface area contributed by atoms with E-state index in [9.17, 15) is 43.2 Å². The Morgan fingerprint density at radius 3 is 1.96 bits per heavy atom. The summed E-state index contributed by atoms with van der Waals surface area (Å²) in [5.74, 6) is -9.36. The van der Waals surface area contributed by atoms with Crippen molar-refractivity contribution in [3.8, 4) is 0 Å². The zero-order valence-electron chi connectivity index (χ0n) is 28.9. The van der Waals surface area contributed by atoms with Gasteiger partial charge in [0.15, 0.2) is 11.7 Å². The number of aliphatic hydroxyl groups excluding tert-OH is 1. The molecule has 15 N–H and O–H groups in total. The summed E-state index contributed by atoms with van der Waals surface area (Å²) in [5.41, 5.74) is 27.2. The third-order valence-corrected chi connectivity index (χ3v) is 7.49. The van der Waals surface area contributed by atoms with Crippen LogP contribution in [0.25, 0.3) is 0 Å². The molecule has 0 spiro atoms. The summed E-state index contributed by atoms with van der Waals surface area (Å²) in [6.45, 7) is -0.286. The van der Waals surface area contributed by atoms with Gasteiger partial charge in [-0.15, -0.1) is 0 Å². The van der Waals surface area contributed by atoms with Crippen molar-refractivity contribution < 1.29 is 54.7 Å². The van der Waals surface area contributed by atoms with E-state index in [0.29, 0.717) is 0 Å². The zero-order valence-corrected chi connectivity index (χ0v) is 27.9. The summed E-state index contributed by atoms with van der Waals surface area (Å²) in [7, 11) is 0. The highest BCUT2D eigenvalue weighted by atomic mass is 16.4. The van der Waals surface area contributed by atoms with Crippen molar-refractivity contribution in [2.24, 2.45) is 45.5 Å². The van der Waals surface area contributed by atoms with Crippen molar-refractivity contribution in [3.05, 3.63) is 0 Å². The summed E-state index contributed by atoms with van der Waals surface area (Å²) in [5, 5.41) is 25.2. The summed E-state index contributed by atoms with van der Waals surface area (Å²) < 4.78 is 7.10. The van der Waals surface area contributed by atoms with Crippen molar-refractivity contribution in [1.82, 2.24) is 16.0 Å². The molecule has 0 saturated carbocycles. The second-order valence-electron chi connectivity index (χ2n) is 11.5. The number of carboxylic acids is 1. The Bertz CT molecular complexity index is 1280. The maximum atomic E-state index is 13.6. The van der Waals surface area contributed by atoms with E-state index in [2.05, 4.69) is 20.9 Å². The second kappa shape index (κ2) is 25.1. The number of guanidine groups is 1. The molecule has 5 unspecified atom stereocenters. The highest BCUT2D eigenvalue weighted by molar-refractivity contribution is 5.95. The Morgan fingerprint density at radius 2 is 1.40 bits per heavy atom. The van der Waals surface area contributed by atoms with Crippen LogP contribution >= 0.6 is 0 Å². The monoisotopic (exact) mass is 715 g/mol. The van der Waals surface area contributed by atoms with Gasteiger partial charge in [-0.3, -0.25) is 43.3 Å². The first kappa shape index (κ1) is 43.0. The van der Waals surface area contributed by atoms with Crippen LogP contribution < -0.4 is 44.6 Å². The molecule has 5 amide bonds. The van der Waals surface area contributed by atoms with Crippen LogP contribution in [0.3, 0.4) is 0 Å². The van der Waals surface area contributed by atoms with Gasteiger partial charge in [-0.2, -0.15) is 0 Å². The summed E-state index contributed by atoms with van der Waals surface area (Å²) in [6, 6.07) is -3.86. The van der Waals surface area contributed by atoms with Crippen molar-refractivity contribution in [2.75, 3.05) is 19.7 Å². The van der Waals surface area contributed by atoms with E-state index in [1.807, 2.05) is 0 Å². The van der Waals surface area contributed by atoms with E-state index in [1.165, 1.54) is 0 Å². The number of hydrogen-bond donors (Lipinski definition) is 10. The van der Waals surface area contributed by atoms with E-state index < -0.39 is 109 Å². The highest BCUT2D eigenvalue weighted by Gasteiger charge is 2.31. The molecule has 0 rings (SSSR count). The van der Waals surface area contributed by atoms with E-state index in [0.717, 1.165) is 0 Å². The van der Waals surface area contributed by atoms with Crippen molar-refractivity contribution in [1.29, 1.82) is 0 Å². The molecule has 0 aliphatic heterocycles. The van der Waals surface area contributed by atoms with Gasteiger partial charge in [0, 0.05) is 63.5 Å². The smallest absolute Gasteiger partial charge is 0.303 e. The van der Waals surface area contributed by atoms with E-state index in [-0.39, 0.29) is 77.0 Å². The Hall–Kier alpha value is -4.98. The molecule has 0 aliphatic rings. The second-order valence-corrected chi connectivity index (χ2v) is 11.5. The number of nitrogens with two attached hydrogens (primary N) is 5. The van der Waals surface area contributed by atoms with E-state index in [4.69, 9.17) is 40.3 Å². The van der Waals surface area contributed by atoms with Gasteiger partial charge in [0.2, 0.25) is 29.5 Å². The molecule has 0 aromatic heterocycles. The predicted molar refractivity (Wildman–Crippen MR) is 177 cm³/mol. The van der Waals surface area contributed by atoms with Gasteiger partial charge in [0.05, 0.1) is 18.7 Å². The van der Waals surface area contributed by atoms with Crippen LogP contribution in [0.5, 0.6) is 0 Å². The van der Waals surface area contributed by atoms with Crippen LogP contribution in [0.1, 0.15) is 78.4 Å². The average Bonchev–Trinajstić information content (AvgIpc) is 3.04. The van der Waals surface area contributed by atoms with Crippen LogP contribution in [0, 0.1) is 11.8 Å². The van der Waals surface area contributed by atoms with Gasteiger partial charge < -0.3 is 59.6 Å². The number of rotatable bonds is 29. The number of ketones is 2. The maximum Gasteiger partial charge on any atom is 0.303 e. The minimum absolute atomic E-state index is 0.0716. The van der Waals surface area contributed by atoms with Gasteiger partial charge in [0.25, 0.3) is 0 Å². The molecule has 0 aromatic carbocycles. The van der Waals surface area contributed by atoms with Crippen LogP contribution in [0.2, 0.25) is 0 Å². The fraction of sp³-hybridized carbons (Fsp3) is 0.667. The average molecular weight is 716 g/mol. The van der Waals surface area contributed by atoms with Crippen molar-refractivity contribution in [2.45, 2.75) is 95.2 Å². The SMILES string of the molecule is [3H]C(=O)CCC(CC(=O)C(CCC(=O)NC(CCCN=C(N)N)C(N)=O)NC(=O)C(CCC(=O)NCCO)CC(=O)C(N)CCC(=O)O)C(N)=O. The fourth-order valence-electron chi connectivity index (χ4n) is 4.65. The molecule has 5 atom stereocenters. The van der Waals surface area contributed by atoms with Crippen LogP contribution in [0.4, 0.5) is 0 Å². The van der Waals surface area contributed by atoms with Gasteiger partial charge >= 0.3 is 5.97 Å². The number of carbonyl (C=O) groups excluding carboxylic acids is 8. The number of aliphatic imine (C=N–C) groups is 1. The Kier molecular flexibility index (Phi) is 21.6. The Balaban J connectivity index is 6.15. The number of primary amides is 2. The third-order valence-electron chi connectivity index (χ3n) is 7.49. The number of Topliss-reactive ketones (excluding diaryl/α,β-unsaturated/α-hetero) is 2. The molecular weight excluding hydrogens is 662 g/mol. The first-order valence-corrected chi connectivity index (χ1v) is 16.0. The standard InChI is InChI=1S/C30H51N9O11/c31-19(6-10-26(46)47)22(42)16-18(5-8-24(44)36-12-14-41)29(50)39-20(23(43)15-17(27(32)48)3-2-13-40)7-9-25(45)38-21(28(33)49)4-1-11-37-30(34)35/h13,17-21,41H,1-12,14-16,31H2,(H2,32,48)(H2,33,49)(H,36,44)(H,38,45)(H,39,50)(H,46,47)(H4,34,35,37)/i13T. The molecule has 0 heterocycles. The number of aliphatic hydroxyl groups is 1. The molecule has 0 saturated heterocycles. The summed E-state index contributed by atoms with van der Waals surface area (Å²) in [4.78, 5) is 115. The largest absolute Gasteiger partial charge is 0.481 e. The molecule has 0 fully saturated rings. The van der Waals surface area contributed by atoms with Crippen molar-refractivity contribution >= 4 is 59.3 Å². The lowest BCUT2D eigenvalue weighted by atomic mass is 9.90. The van der Waals surface area contributed by atoms with Gasteiger partial charge in [-0.1, -0.05) is 0 Å². The summed E-state index contributed by atoms with van der Waals surface area (Å²) >= 11 is 0.